The average Bonchev–Trinajstić information content (AvgIpc) is 2.38. The van der Waals surface area contributed by atoms with Crippen LogP contribution in [0.5, 0.6) is 0 Å². The normalized spacial score (nSPS) is 11.6. The van der Waals surface area contributed by atoms with Crippen LogP contribution in [-0.2, 0) is 16.4 Å². The largest absolute Gasteiger partial charge is 0.351 e. The van der Waals surface area contributed by atoms with Crippen LogP contribution < -0.4 is 5.32 Å². The number of nitrogens with zero attached hydrogens (tertiary/aromatic N) is 1. The molecule has 0 saturated carbocycles. The van der Waals surface area contributed by atoms with Gasteiger partial charge in [-0.25, -0.2) is 8.42 Å². The topological polar surface area (TPSA) is 66.5 Å². The summed E-state index contributed by atoms with van der Waals surface area (Å²) in [5.74, 6) is -0.162. The van der Waals surface area contributed by atoms with Crippen LogP contribution >= 0.6 is 0 Å². The van der Waals surface area contributed by atoms with E-state index in [4.69, 9.17) is 0 Å². The Morgan fingerprint density at radius 1 is 1.30 bits per heavy atom. The maximum atomic E-state index is 11.9. The molecule has 112 valence electrons. The van der Waals surface area contributed by atoms with E-state index in [-0.39, 0.29) is 24.0 Å². The van der Waals surface area contributed by atoms with Crippen LogP contribution in [0.1, 0.15) is 22.8 Å². The van der Waals surface area contributed by atoms with Crippen molar-refractivity contribution in [1.29, 1.82) is 0 Å². The van der Waals surface area contributed by atoms with Crippen molar-refractivity contribution in [3.63, 3.8) is 0 Å². The Morgan fingerprint density at radius 3 is 2.60 bits per heavy atom. The Morgan fingerprint density at radius 2 is 2.00 bits per heavy atom. The number of amides is 1. The van der Waals surface area contributed by atoms with Crippen LogP contribution in [0.4, 0.5) is 0 Å². The highest BCUT2D eigenvalue weighted by atomic mass is 32.2. The number of carbonyl (C=O) groups excluding carboxylic acids is 1. The molecule has 1 N–H and O–H groups in total. The van der Waals surface area contributed by atoms with Gasteiger partial charge in [0.1, 0.15) is 0 Å². The van der Waals surface area contributed by atoms with E-state index in [0.29, 0.717) is 5.56 Å². The Hall–Kier alpha value is -1.40. The lowest BCUT2D eigenvalue weighted by molar-refractivity contribution is 0.0956. The van der Waals surface area contributed by atoms with Crippen LogP contribution in [0.3, 0.4) is 0 Å². The van der Waals surface area contributed by atoms with Gasteiger partial charge in [0.2, 0.25) is 0 Å². The first-order valence-electron chi connectivity index (χ1n) is 6.56. The molecule has 0 aliphatic carbocycles. The molecule has 0 spiro atoms. The minimum absolute atomic E-state index is 0.0212. The van der Waals surface area contributed by atoms with Crippen LogP contribution in [0.25, 0.3) is 0 Å². The van der Waals surface area contributed by atoms with Crippen molar-refractivity contribution in [3.05, 3.63) is 35.4 Å². The molecule has 0 unspecified atom stereocenters. The van der Waals surface area contributed by atoms with Gasteiger partial charge in [0, 0.05) is 24.4 Å². The molecule has 1 rings (SSSR count). The van der Waals surface area contributed by atoms with Gasteiger partial charge < -0.3 is 10.2 Å². The molecule has 1 aromatic carbocycles. The smallest absolute Gasteiger partial charge is 0.251 e. The first kappa shape index (κ1) is 16.7. The highest BCUT2D eigenvalue weighted by Crippen LogP contribution is 2.07. The van der Waals surface area contributed by atoms with E-state index in [9.17, 15) is 13.2 Å². The Bertz CT molecular complexity index is 553. The maximum absolute atomic E-state index is 11.9. The molecule has 6 heteroatoms. The number of hydrogen-bond donors (Lipinski definition) is 1. The Kier molecular flexibility index (Phi) is 6.16. The zero-order chi connectivity index (χ0) is 15.2. The molecule has 0 bridgehead atoms. The summed E-state index contributed by atoms with van der Waals surface area (Å²) in [6.07, 6.45) is 0. The van der Waals surface area contributed by atoms with E-state index in [1.54, 1.807) is 13.0 Å². The molecule has 0 aliphatic heterocycles. The predicted molar refractivity (Wildman–Crippen MR) is 80.5 cm³/mol. The fraction of sp³-hybridized carbons (Fsp3) is 0.500. The third-order valence-corrected chi connectivity index (χ3v) is 4.53. The van der Waals surface area contributed by atoms with Gasteiger partial charge in [-0.05, 0) is 31.8 Å². The summed E-state index contributed by atoms with van der Waals surface area (Å²) in [7, 11) is 0.879. The monoisotopic (exact) mass is 298 g/mol. The number of carbonyl (C=O) groups is 1. The van der Waals surface area contributed by atoms with Crippen molar-refractivity contribution in [1.82, 2.24) is 10.2 Å². The highest BCUT2D eigenvalue weighted by Gasteiger charge is 2.10. The van der Waals surface area contributed by atoms with Gasteiger partial charge in [-0.15, -0.1) is 0 Å². The second kappa shape index (κ2) is 7.40. The van der Waals surface area contributed by atoms with Gasteiger partial charge >= 0.3 is 0 Å². The van der Waals surface area contributed by atoms with Crippen molar-refractivity contribution < 1.29 is 13.2 Å². The summed E-state index contributed by atoms with van der Waals surface area (Å²) >= 11 is 0. The summed E-state index contributed by atoms with van der Waals surface area (Å²) in [6, 6.07) is 7.33. The van der Waals surface area contributed by atoms with E-state index >= 15 is 0 Å². The SMILES string of the molecule is CCS(=O)(=O)CCNC(=O)c1cccc(CN(C)C)c1. The quantitative estimate of drug-likeness (QED) is 0.812. The van der Waals surface area contributed by atoms with E-state index in [1.807, 2.05) is 37.2 Å². The lowest BCUT2D eigenvalue weighted by Crippen LogP contribution is -2.29. The van der Waals surface area contributed by atoms with Crippen molar-refractivity contribution in [2.75, 3.05) is 32.1 Å². The minimum atomic E-state index is -3.04. The predicted octanol–water partition coefficient (Wildman–Crippen LogP) is 0.913. The highest BCUT2D eigenvalue weighted by molar-refractivity contribution is 7.91. The Labute approximate surface area is 120 Å². The molecule has 5 nitrogen and oxygen atoms in total. The molecule has 0 fully saturated rings. The minimum Gasteiger partial charge on any atom is -0.351 e. The molecule has 1 aromatic rings. The average molecular weight is 298 g/mol. The molecular formula is C14H22N2O3S. The summed E-state index contributed by atoms with van der Waals surface area (Å²) in [4.78, 5) is 14.0. The molecule has 0 atom stereocenters. The molecule has 20 heavy (non-hydrogen) atoms. The van der Waals surface area contributed by atoms with Gasteiger partial charge in [-0.2, -0.15) is 0 Å². The maximum Gasteiger partial charge on any atom is 0.251 e. The van der Waals surface area contributed by atoms with Gasteiger partial charge in [0.25, 0.3) is 5.91 Å². The van der Waals surface area contributed by atoms with Crippen LogP contribution in [0.15, 0.2) is 24.3 Å². The fourth-order valence-electron chi connectivity index (χ4n) is 1.74. The third kappa shape index (κ3) is 5.71. The van der Waals surface area contributed by atoms with E-state index in [1.165, 1.54) is 0 Å². The summed E-state index contributed by atoms with van der Waals surface area (Å²) < 4.78 is 22.7. The first-order valence-corrected chi connectivity index (χ1v) is 8.38. The van der Waals surface area contributed by atoms with Crippen molar-refractivity contribution in [2.45, 2.75) is 13.5 Å². The molecule has 0 saturated heterocycles. The van der Waals surface area contributed by atoms with E-state index in [2.05, 4.69) is 5.32 Å². The second-order valence-electron chi connectivity index (χ2n) is 4.93. The van der Waals surface area contributed by atoms with Crippen LogP contribution in [0.2, 0.25) is 0 Å². The standard InChI is InChI=1S/C14H22N2O3S/c1-4-20(18,19)9-8-15-14(17)13-7-5-6-12(10-13)11-16(2)3/h5-7,10H,4,8-9,11H2,1-3H3,(H,15,17). The van der Waals surface area contributed by atoms with Gasteiger partial charge in [-0.1, -0.05) is 19.1 Å². The molecule has 0 aromatic heterocycles. The van der Waals surface area contributed by atoms with Crippen LogP contribution in [-0.4, -0.2) is 51.4 Å². The zero-order valence-corrected chi connectivity index (χ0v) is 13.0. The van der Waals surface area contributed by atoms with Gasteiger partial charge in [0.05, 0.1) is 5.75 Å². The molecule has 1 amide bonds. The summed E-state index contributed by atoms with van der Waals surface area (Å²) in [5, 5.41) is 2.64. The molecular weight excluding hydrogens is 276 g/mol. The second-order valence-corrected chi connectivity index (χ2v) is 7.40. The molecule has 0 heterocycles. The number of nitrogens with one attached hydrogen (secondary N) is 1. The van der Waals surface area contributed by atoms with E-state index in [0.717, 1.165) is 12.1 Å². The number of hydrogen-bond acceptors (Lipinski definition) is 4. The lowest BCUT2D eigenvalue weighted by atomic mass is 10.1. The Balaban J connectivity index is 2.59. The van der Waals surface area contributed by atoms with Crippen molar-refractivity contribution in [2.24, 2.45) is 0 Å². The first-order chi connectivity index (χ1) is 9.34. The number of rotatable bonds is 7. The van der Waals surface area contributed by atoms with Gasteiger partial charge in [-0.3, -0.25) is 4.79 Å². The summed E-state index contributed by atoms with van der Waals surface area (Å²) in [6.45, 7) is 2.50. The lowest BCUT2D eigenvalue weighted by Gasteiger charge is -2.11. The number of sulfone groups is 1. The van der Waals surface area contributed by atoms with Crippen LogP contribution in [0, 0.1) is 0 Å². The molecule has 0 radical (unpaired) electrons. The fourth-order valence-corrected chi connectivity index (χ4v) is 2.44. The molecule has 0 aliphatic rings. The number of benzene rings is 1. The van der Waals surface area contributed by atoms with Gasteiger partial charge in [0.15, 0.2) is 9.84 Å². The van der Waals surface area contributed by atoms with Crippen molar-refractivity contribution >= 4 is 15.7 Å². The van der Waals surface area contributed by atoms with Crippen molar-refractivity contribution in [3.8, 4) is 0 Å². The third-order valence-electron chi connectivity index (χ3n) is 2.83. The zero-order valence-electron chi connectivity index (χ0n) is 12.2. The summed E-state index contributed by atoms with van der Waals surface area (Å²) in [5.41, 5.74) is 1.60. The van der Waals surface area contributed by atoms with E-state index < -0.39 is 9.84 Å².